The van der Waals surface area contributed by atoms with E-state index in [9.17, 15) is 4.79 Å². The molecule has 4 nitrogen and oxygen atoms in total. The second-order valence-electron chi connectivity index (χ2n) is 6.13. The number of halogens is 1. The Morgan fingerprint density at radius 1 is 1.33 bits per heavy atom. The first-order valence-corrected chi connectivity index (χ1v) is 7.98. The highest BCUT2D eigenvalue weighted by Crippen LogP contribution is 2.32. The molecular weight excluding hydrogens is 286 g/mol. The fourth-order valence-corrected chi connectivity index (χ4v) is 3.32. The summed E-state index contributed by atoms with van der Waals surface area (Å²) < 4.78 is 0. The van der Waals surface area contributed by atoms with Crippen molar-refractivity contribution in [3.8, 4) is 0 Å². The lowest BCUT2D eigenvalue weighted by Crippen LogP contribution is -2.18. The van der Waals surface area contributed by atoms with Crippen LogP contribution in [0.1, 0.15) is 49.4 Å². The number of rotatable bonds is 5. The summed E-state index contributed by atoms with van der Waals surface area (Å²) in [7, 11) is 0. The molecule has 0 saturated heterocycles. The molecule has 0 bridgehead atoms. The minimum atomic E-state index is -0.516. The molecule has 0 aromatic heterocycles. The first-order chi connectivity index (χ1) is 9.97. The third kappa shape index (κ3) is 4.27. The van der Waals surface area contributed by atoms with Gasteiger partial charge in [-0.1, -0.05) is 44.2 Å². The Kier molecular flexibility index (Phi) is 5.34. The monoisotopic (exact) mass is 309 g/mol. The Hall–Kier alpha value is -1.42. The molecular formula is C16H24ClN3O. The number of hydrogen-bond donors (Lipinski definition) is 3. The lowest BCUT2D eigenvalue weighted by Gasteiger charge is -2.26. The van der Waals surface area contributed by atoms with Crippen molar-refractivity contribution in [2.75, 3.05) is 17.6 Å². The van der Waals surface area contributed by atoms with Gasteiger partial charge in [-0.05, 0) is 30.4 Å². The van der Waals surface area contributed by atoms with Crippen LogP contribution in [0.25, 0.3) is 0 Å². The number of primary amides is 1. The molecule has 1 saturated carbocycles. The van der Waals surface area contributed by atoms with Crippen LogP contribution in [0.3, 0.4) is 0 Å². The molecule has 1 aliphatic carbocycles. The fourth-order valence-electron chi connectivity index (χ4n) is 3.02. The number of amides is 1. The van der Waals surface area contributed by atoms with E-state index in [-0.39, 0.29) is 0 Å². The third-order valence-corrected chi connectivity index (χ3v) is 4.67. The summed E-state index contributed by atoms with van der Waals surface area (Å²) in [5.74, 6) is 1.11. The van der Waals surface area contributed by atoms with Crippen molar-refractivity contribution in [2.24, 2.45) is 17.6 Å². The van der Waals surface area contributed by atoms with Crippen molar-refractivity contribution in [3.63, 3.8) is 0 Å². The molecule has 0 unspecified atom stereocenters. The molecule has 21 heavy (non-hydrogen) atoms. The van der Waals surface area contributed by atoms with Crippen LogP contribution in [-0.2, 0) is 0 Å². The Balaban J connectivity index is 1.95. The van der Waals surface area contributed by atoms with Crippen molar-refractivity contribution in [1.29, 1.82) is 0 Å². The van der Waals surface area contributed by atoms with Crippen LogP contribution in [0.2, 0.25) is 5.02 Å². The Bertz CT molecular complexity index is 510. The quantitative estimate of drug-likeness (QED) is 0.726. The summed E-state index contributed by atoms with van der Waals surface area (Å²) >= 11 is 6.17. The first-order valence-electron chi connectivity index (χ1n) is 7.60. The summed E-state index contributed by atoms with van der Waals surface area (Å²) in [5.41, 5.74) is 12.5. The van der Waals surface area contributed by atoms with Crippen molar-refractivity contribution in [2.45, 2.75) is 39.0 Å². The Labute approximate surface area is 131 Å². The molecule has 0 radical (unpaired) electrons. The Morgan fingerprint density at radius 2 is 2.00 bits per heavy atom. The van der Waals surface area contributed by atoms with E-state index >= 15 is 0 Å². The largest absolute Gasteiger partial charge is 0.399 e. The van der Waals surface area contributed by atoms with Gasteiger partial charge < -0.3 is 16.8 Å². The molecule has 1 aromatic rings. The van der Waals surface area contributed by atoms with Crippen LogP contribution in [0.5, 0.6) is 0 Å². The number of hydrogen-bond acceptors (Lipinski definition) is 3. The topological polar surface area (TPSA) is 81.1 Å². The van der Waals surface area contributed by atoms with Crippen LogP contribution < -0.4 is 16.8 Å². The fraction of sp³-hybridized carbons (Fsp3) is 0.562. The first kappa shape index (κ1) is 16.0. The van der Waals surface area contributed by atoms with Crippen LogP contribution >= 0.6 is 11.6 Å². The molecule has 116 valence electrons. The van der Waals surface area contributed by atoms with Gasteiger partial charge >= 0.3 is 0 Å². The van der Waals surface area contributed by atoms with Gasteiger partial charge in [0.05, 0.1) is 16.3 Å². The summed E-state index contributed by atoms with van der Waals surface area (Å²) in [6, 6.07) is 3.21. The van der Waals surface area contributed by atoms with E-state index in [1.54, 1.807) is 12.1 Å². The normalized spacial score (nSPS) is 22.0. The highest BCUT2D eigenvalue weighted by atomic mass is 35.5. The maximum atomic E-state index is 11.5. The van der Waals surface area contributed by atoms with Crippen molar-refractivity contribution in [3.05, 3.63) is 22.7 Å². The zero-order valence-corrected chi connectivity index (χ0v) is 13.2. The second kappa shape index (κ2) is 7.03. The van der Waals surface area contributed by atoms with E-state index in [1.165, 1.54) is 25.7 Å². The predicted octanol–water partition coefficient (Wildman–Crippen LogP) is 3.65. The van der Waals surface area contributed by atoms with Crippen LogP contribution in [0.15, 0.2) is 12.1 Å². The molecule has 0 aliphatic heterocycles. The molecule has 5 N–H and O–H groups in total. The number of nitrogens with one attached hydrogen (secondary N) is 1. The van der Waals surface area contributed by atoms with Gasteiger partial charge in [-0.25, -0.2) is 0 Å². The van der Waals surface area contributed by atoms with Crippen molar-refractivity contribution in [1.82, 2.24) is 0 Å². The average molecular weight is 310 g/mol. The van der Waals surface area contributed by atoms with Crippen LogP contribution in [0, 0.1) is 11.8 Å². The summed E-state index contributed by atoms with van der Waals surface area (Å²) in [6.07, 6.45) is 6.31. The van der Waals surface area contributed by atoms with Gasteiger partial charge in [-0.15, -0.1) is 0 Å². The Morgan fingerprint density at radius 3 is 2.62 bits per heavy atom. The summed E-state index contributed by atoms with van der Waals surface area (Å²) in [4.78, 5) is 11.5. The van der Waals surface area contributed by atoms with Crippen LogP contribution in [0.4, 0.5) is 11.4 Å². The highest BCUT2D eigenvalue weighted by molar-refractivity contribution is 6.34. The lowest BCUT2D eigenvalue weighted by atomic mass is 9.81. The SMILES string of the molecule is CC1CCC(CCNc2c(Cl)cc(N)cc2C(N)=O)CC1. The van der Waals surface area contributed by atoms with Gasteiger partial charge in [-0.3, -0.25) is 4.79 Å². The molecule has 0 spiro atoms. The molecule has 0 heterocycles. The van der Waals surface area contributed by atoms with Crippen molar-refractivity contribution >= 4 is 28.9 Å². The second-order valence-corrected chi connectivity index (χ2v) is 6.54. The van der Waals surface area contributed by atoms with E-state index in [0.29, 0.717) is 22.0 Å². The minimum absolute atomic E-state index is 0.359. The molecule has 5 heteroatoms. The standard InChI is InChI=1S/C16H24ClN3O/c1-10-2-4-11(5-3-10)6-7-20-15-13(16(19)21)8-12(18)9-14(15)17/h8-11,20H,2-7,18H2,1H3,(H2,19,21). The van der Waals surface area contributed by atoms with E-state index in [2.05, 4.69) is 12.2 Å². The van der Waals surface area contributed by atoms with Crippen molar-refractivity contribution < 1.29 is 4.79 Å². The molecule has 1 aliphatic rings. The number of carbonyl (C=O) groups excluding carboxylic acids is 1. The van der Waals surface area contributed by atoms with Gasteiger partial charge in [0, 0.05) is 12.2 Å². The number of anilines is 2. The minimum Gasteiger partial charge on any atom is -0.399 e. The van der Waals surface area contributed by atoms with Gasteiger partial charge in [-0.2, -0.15) is 0 Å². The van der Waals surface area contributed by atoms with Gasteiger partial charge in [0.15, 0.2) is 0 Å². The van der Waals surface area contributed by atoms with E-state index in [0.717, 1.165) is 24.8 Å². The number of carbonyl (C=O) groups is 1. The van der Waals surface area contributed by atoms with Crippen LogP contribution in [-0.4, -0.2) is 12.5 Å². The van der Waals surface area contributed by atoms with Gasteiger partial charge in [0.25, 0.3) is 5.91 Å². The molecule has 2 rings (SSSR count). The molecule has 0 atom stereocenters. The van der Waals surface area contributed by atoms with E-state index < -0.39 is 5.91 Å². The number of benzene rings is 1. The summed E-state index contributed by atoms with van der Waals surface area (Å²) in [5, 5.41) is 3.71. The maximum absolute atomic E-state index is 11.5. The molecule has 1 amide bonds. The van der Waals surface area contributed by atoms with Gasteiger partial charge in [0.2, 0.25) is 0 Å². The van der Waals surface area contributed by atoms with E-state index in [4.69, 9.17) is 23.1 Å². The lowest BCUT2D eigenvalue weighted by molar-refractivity contribution is 0.100. The zero-order chi connectivity index (χ0) is 15.4. The number of nitrogen functional groups attached to an aromatic ring is 1. The zero-order valence-electron chi connectivity index (χ0n) is 12.5. The average Bonchev–Trinajstić information content (AvgIpc) is 2.42. The summed E-state index contributed by atoms with van der Waals surface area (Å²) in [6.45, 7) is 3.12. The number of nitrogens with two attached hydrogens (primary N) is 2. The molecule has 1 aromatic carbocycles. The third-order valence-electron chi connectivity index (χ3n) is 4.37. The highest BCUT2D eigenvalue weighted by Gasteiger charge is 2.18. The molecule has 1 fully saturated rings. The predicted molar refractivity (Wildman–Crippen MR) is 88.6 cm³/mol. The van der Waals surface area contributed by atoms with E-state index in [1.807, 2.05) is 0 Å². The van der Waals surface area contributed by atoms with Gasteiger partial charge in [0.1, 0.15) is 0 Å². The maximum Gasteiger partial charge on any atom is 0.250 e. The smallest absolute Gasteiger partial charge is 0.250 e.